The summed E-state index contributed by atoms with van der Waals surface area (Å²) in [4.78, 5) is 39.7. The van der Waals surface area contributed by atoms with Crippen LogP contribution in [0.2, 0.25) is 0 Å². The molecular formula is C15H30N6O4S. The fraction of sp³-hybridized carbons (Fsp3) is 0.733. The second-order valence-corrected chi connectivity index (χ2v) is 6.37. The predicted molar refractivity (Wildman–Crippen MR) is 103 cm³/mol. The first-order valence-corrected chi connectivity index (χ1v) is 9.02. The molecule has 2 amide bonds. The quantitative estimate of drug-likeness (QED) is 0.0904. The highest BCUT2D eigenvalue weighted by Gasteiger charge is 2.30. The van der Waals surface area contributed by atoms with Gasteiger partial charge in [0.1, 0.15) is 12.1 Å². The van der Waals surface area contributed by atoms with E-state index in [1.54, 1.807) is 6.92 Å². The molecule has 9 N–H and O–H groups in total. The largest absolute Gasteiger partial charge is 0.480 e. The van der Waals surface area contributed by atoms with Gasteiger partial charge in [0, 0.05) is 12.3 Å². The van der Waals surface area contributed by atoms with Crippen molar-refractivity contribution in [2.75, 3.05) is 12.3 Å². The van der Waals surface area contributed by atoms with Gasteiger partial charge < -0.3 is 32.9 Å². The standard InChI is InChI=1S/C15H30N6O4S/c1-3-8(2)11(21-12(22)9(16)7-26)13(23)20-10(14(24)25)5-4-6-19-15(17)18/h8-11,26H,3-7,16H2,1-2H3,(H,20,23)(H,21,22)(H,24,25)(H4,17,18,19). The molecule has 0 aromatic carbocycles. The minimum Gasteiger partial charge on any atom is -0.480 e. The summed E-state index contributed by atoms with van der Waals surface area (Å²) in [5.41, 5.74) is 16.0. The first-order valence-electron chi connectivity index (χ1n) is 8.39. The van der Waals surface area contributed by atoms with Gasteiger partial charge in [0.25, 0.3) is 0 Å². The summed E-state index contributed by atoms with van der Waals surface area (Å²) in [5.74, 6) is -2.43. The number of carboxylic acid groups (broad SMARTS) is 1. The molecule has 0 saturated carbocycles. The molecule has 0 fully saturated rings. The van der Waals surface area contributed by atoms with Gasteiger partial charge in [-0.3, -0.25) is 14.6 Å². The smallest absolute Gasteiger partial charge is 0.326 e. The molecule has 0 aliphatic rings. The number of amides is 2. The number of nitrogens with two attached hydrogens (primary N) is 3. The molecule has 26 heavy (non-hydrogen) atoms. The Morgan fingerprint density at radius 2 is 1.81 bits per heavy atom. The Labute approximate surface area is 158 Å². The molecule has 150 valence electrons. The van der Waals surface area contributed by atoms with Crippen LogP contribution in [0.3, 0.4) is 0 Å². The molecule has 0 aromatic rings. The molecular weight excluding hydrogens is 360 g/mol. The van der Waals surface area contributed by atoms with E-state index < -0.39 is 35.9 Å². The van der Waals surface area contributed by atoms with E-state index in [0.717, 1.165) is 0 Å². The number of hydrogen-bond acceptors (Lipinski definition) is 6. The van der Waals surface area contributed by atoms with E-state index in [-0.39, 0.29) is 30.6 Å². The van der Waals surface area contributed by atoms with Crippen molar-refractivity contribution in [2.24, 2.45) is 28.1 Å². The minimum absolute atomic E-state index is 0.0824. The van der Waals surface area contributed by atoms with Crippen molar-refractivity contribution in [3.63, 3.8) is 0 Å². The molecule has 10 nitrogen and oxygen atoms in total. The van der Waals surface area contributed by atoms with Crippen LogP contribution in [-0.2, 0) is 14.4 Å². The molecule has 0 aliphatic heterocycles. The summed E-state index contributed by atoms with van der Waals surface area (Å²) in [7, 11) is 0. The van der Waals surface area contributed by atoms with Crippen LogP contribution in [-0.4, -0.2) is 59.3 Å². The van der Waals surface area contributed by atoms with Crippen molar-refractivity contribution >= 4 is 36.4 Å². The maximum atomic E-state index is 12.5. The molecule has 0 saturated heterocycles. The number of carbonyl (C=O) groups excluding carboxylic acids is 2. The number of carbonyl (C=O) groups is 3. The highest BCUT2D eigenvalue weighted by molar-refractivity contribution is 7.80. The van der Waals surface area contributed by atoms with Crippen LogP contribution in [0.15, 0.2) is 4.99 Å². The first kappa shape index (κ1) is 24.0. The second-order valence-electron chi connectivity index (χ2n) is 6.01. The topological polar surface area (TPSA) is 186 Å². The third-order valence-corrected chi connectivity index (χ3v) is 4.28. The normalized spacial score (nSPS) is 15.2. The Kier molecular flexibility index (Phi) is 11.4. The van der Waals surface area contributed by atoms with Gasteiger partial charge in [0.2, 0.25) is 11.8 Å². The van der Waals surface area contributed by atoms with Crippen molar-refractivity contribution < 1.29 is 19.5 Å². The van der Waals surface area contributed by atoms with E-state index in [9.17, 15) is 19.5 Å². The van der Waals surface area contributed by atoms with Crippen LogP contribution in [0.5, 0.6) is 0 Å². The summed E-state index contributed by atoms with van der Waals surface area (Å²) < 4.78 is 0. The second kappa shape index (κ2) is 12.4. The van der Waals surface area contributed by atoms with Gasteiger partial charge in [-0.05, 0) is 18.8 Å². The molecule has 0 spiro atoms. The molecule has 4 atom stereocenters. The molecule has 0 aliphatic carbocycles. The summed E-state index contributed by atoms with van der Waals surface area (Å²) in [6.45, 7) is 3.90. The number of aliphatic carboxylic acids is 1. The summed E-state index contributed by atoms with van der Waals surface area (Å²) in [6.07, 6.45) is 1.13. The number of nitrogens with one attached hydrogen (secondary N) is 2. The van der Waals surface area contributed by atoms with Gasteiger partial charge in [0.05, 0.1) is 6.04 Å². The number of rotatable bonds is 12. The number of hydrogen-bond donors (Lipinski definition) is 7. The van der Waals surface area contributed by atoms with Crippen LogP contribution < -0.4 is 27.8 Å². The molecule has 0 heterocycles. The highest BCUT2D eigenvalue weighted by Crippen LogP contribution is 2.10. The maximum absolute atomic E-state index is 12.5. The Balaban J connectivity index is 4.97. The molecule has 0 aromatic heterocycles. The zero-order valence-electron chi connectivity index (χ0n) is 15.1. The van der Waals surface area contributed by atoms with Gasteiger partial charge in [0.15, 0.2) is 5.96 Å². The fourth-order valence-electron chi connectivity index (χ4n) is 2.07. The Hall–Kier alpha value is -2.01. The minimum atomic E-state index is -1.18. The van der Waals surface area contributed by atoms with Gasteiger partial charge in [-0.15, -0.1) is 0 Å². The van der Waals surface area contributed by atoms with Crippen molar-refractivity contribution in [3.8, 4) is 0 Å². The van der Waals surface area contributed by atoms with Gasteiger partial charge >= 0.3 is 5.97 Å². The van der Waals surface area contributed by atoms with Crippen LogP contribution in [0.25, 0.3) is 0 Å². The number of carboxylic acids is 1. The molecule has 0 bridgehead atoms. The highest BCUT2D eigenvalue weighted by atomic mass is 32.1. The maximum Gasteiger partial charge on any atom is 0.326 e. The number of thiol groups is 1. The monoisotopic (exact) mass is 390 g/mol. The number of guanidine groups is 1. The van der Waals surface area contributed by atoms with E-state index in [0.29, 0.717) is 12.8 Å². The van der Waals surface area contributed by atoms with E-state index in [1.807, 2.05) is 6.92 Å². The third-order valence-electron chi connectivity index (χ3n) is 3.89. The SMILES string of the molecule is CCC(C)C(NC(=O)C(N)CS)C(=O)NC(CCCN=C(N)N)C(=O)O. The summed E-state index contributed by atoms with van der Waals surface area (Å²) >= 11 is 3.96. The van der Waals surface area contributed by atoms with Crippen molar-refractivity contribution in [2.45, 2.75) is 51.2 Å². The lowest BCUT2D eigenvalue weighted by Crippen LogP contribution is -2.56. The van der Waals surface area contributed by atoms with Gasteiger partial charge in [-0.2, -0.15) is 12.6 Å². The van der Waals surface area contributed by atoms with E-state index in [2.05, 4.69) is 28.3 Å². The number of nitrogens with zero attached hydrogens (tertiary/aromatic N) is 1. The zero-order valence-corrected chi connectivity index (χ0v) is 16.0. The average molecular weight is 391 g/mol. The van der Waals surface area contributed by atoms with Gasteiger partial charge in [-0.25, -0.2) is 4.79 Å². The Morgan fingerprint density at radius 3 is 2.27 bits per heavy atom. The zero-order chi connectivity index (χ0) is 20.3. The first-order chi connectivity index (χ1) is 12.1. The van der Waals surface area contributed by atoms with Crippen LogP contribution in [0, 0.1) is 5.92 Å². The molecule has 4 unspecified atom stereocenters. The van der Waals surface area contributed by atoms with E-state index in [4.69, 9.17) is 17.2 Å². The van der Waals surface area contributed by atoms with E-state index >= 15 is 0 Å². The average Bonchev–Trinajstić information content (AvgIpc) is 2.59. The molecule has 0 radical (unpaired) electrons. The molecule has 11 heteroatoms. The Morgan fingerprint density at radius 1 is 1.19 bits per heavy atom. The van der Waals surface area contributed by atoms with Crippen LogP contribution in [0.4, 0.5) is 0 Å². The lowest BCUT2D eigenvalue weighted by Gasteiger charge is -2.26. The van der Waals surface area contributed by atoms with Crippen LogP contribution in [0.1, 0.15) is 33.1 Å². The molecule has 0 rings (SSSR count). The third kappa shape index (κ3) is 8.90. The summed E-state index contributed by atoms with van der Waals surface area (Å²) in [5, 5.41) is 14.3. The van der Waals surface area contributed by atoms with E-state index in [1.165, 1.54) is 0 Å². The van der Waals surface area contributed by atoms with Crippen molar-refractivity contribution in [1.29, 1.82) is 0 Å². The van der Waals surface area contributed by atoms with Crippen molar-refractivity contribution in [3.05, 3.63) is 0 Å². The van der Waals surface area contributed by atoms with Gasteiger partial charge in [-0.1, -0.05) is 20.3 Å². The Bertz CT molecular complexity index is 512. The predicted octanol–water partition coefficient (Wildman–Crippen LogP) is -1.60. The number of aliphatic imine (C=N–C) groups is 1. The lowest BCUT2D eigenvalue weighted by atomic mass is 9.97. The lowest BCUT2D eigenvalue weighted by molar-refractivity contribution is -0.142. The summed E-state index contributed by atoms with van der Waals surface area (Å²) in [6, 6.07) is -2.86. The fourth-order valence-corrected chi connectivity index (χ4v) is 2.23. The van der Waals surface area contributed by atoms with Crippen LogP contribution >= 0.6 is 12.6 Å². The van der Waals surface area contributed by atoms with Crippen molar-refractivity contribution in [1.82, 2.24) is 10.6 Å².